The van der Waals surface area contributed by atoms with E-state index in [-0.39, 0.29) is 17.9 Å². The first-order chi connectivity index (χ1) is 8.50. The fourth-order valence-electron chi connectivity index (χ4n) is 2.62. The van der Waals surface area contributed by atoms with Crippen LogP contribution in [0.2, 0.25) is 0 Å². The van der Waals surface area contributed by atoms with Crippen LogP contribution in [-0.4, -0.2) is 29.1 Å². The highest BCUT2D eigenvalue weighted by molar-refractivity contribution is 5.79. The zero-order chi connectivity index (χ0) is 13.3. The zero-order valence-electron chi connectivity index (χ0n) is 11.3. The maximum atomic E-state index is 12.3. The van der Waals surface area contributed by atoms with E-state index >= 15 is 0 Å². The summed E-state index contributed by atoms with van der Waals surface area (Å²) in [6, 6.07) is 0.0182. The molecule has 1 aromatic heterocycles. The average Bonchev–Trinajstić information content (AvgIpc) is 2.88. The van der Waals surface area contributed by atoms with Gasteiger partial charge in [0.15, 0.2) is 0 Å². The number of carbonyl (C=O) groups is 1. The van der Waals surface area contributed by atoms with Crippen LogP contribution in [0.1, 0.15) is 36.3 Å². The Labute approximate surface area is 107 Å². The maximum Gasteiger partial charge on any atom is 0.227 e. The molecule has 2 atom stereocenters. The molecule has 18 heavy (non-hydrogen) atoms. The molecule has 1 aliphatic rings. The fourth-order valence-corrected chi connectivity index (χ4v) is 2.62. The van der Waals surface area contributed by atoms with Crippen molar-refractivity contribution in [2.24, 2.45) is 11.7 Å². The van der Waals surface area contributed by atoms with E-state index in [2.05, 4.69) is 5.16 Å². The quantitative estimate of drug-likeness (QED) is 0.880. The summed E-state index contributed by atoms with van der Waals surface area (Å²) in [5.41, 5.74) is 7.82. The Balaban J connectivity index is 2.04. The summed E-state index contributed by atoms with van der Waals surface area (Å²) in [6.45, 7) is 4.31. The van der Waals surface area contributed by atoms with Crippen molar-refractivity contribution < 1.29 is 9.32 Å². The van der Waals surface area contributed by atoms with Crippen LogP contribution in [0.25, 0.3) is 0 Å². The largest absolute Gasteiger partial charge is 0.361 e. The van der Waals surface area contributed by atoms with Crippen molar-refractivity contribution in [3.8, 4) is 0 Å². The van der Waals surface area contributed by atoms with Gasteiger partial charge in [0.25, 0.3) is 0 Å². The van der Waals surface area contributed by atoms with Crippen LogP contribution in [0.3, 0.4) is 0 Å². The van der Waals surface area contributed by atoms with Gasteiger partial charge in [-0.15, -0.1) is 0 Å². The molecule has 0 spiro atoms. The normalized spacial score (nSPS) is 23.3. The molecule has 2 unspecified atom stereocenters. The molecular formula is C13H21N3O2. The van der Waals surface area contributed by atoms with Gasteiger partial charge in [-0.3, -0.25) is 4.79 Å². The molecule has 5 nitrogen and oxygen atoms in total. The molecule has 0 aliphatic heterocycles. The predicted octanol–water partition coefficient (Wildman–Crippen LogP) is 1.38. The number of rotatable bonds is 3. The average molecular weight is 251 g/mol. The van der Waals surface area contributed by atoms with Gasteiger partial charge in [0.2, 0.25) is 5.91 Å². The molecule has 0 bridgehead atoms. The number of amides is 1. The minimum absolute atomic E-state index is 0.0181. The number of carbonyl (C=O) groups excluding carboxylic acids is 1. The van der Waals surface area contributed by atoms with Crippen molar-refractivity contribution in [2.45, 2.75) is 45.7 Å². The molecule has 2 N–H and O–H groups in total. The Hall–Kier alpha value is -1.36. The highest BCUT2D eigenvalue weighted by Gasteiger charge is 2.32. The lowest BCUT2D eigenvalue weighted by Gasteiger charge is -2.23. The van der Waals surface area contributed by atoms with E-state index in [1.807, 2.05) is 20.9 Å². The Morgan fingerprint density at radius 2 is 2.22 bits per heavy atom. The number of aryl methyl sites for hydroxylation is 2. The van der Waals surface area contributed by atoms with Crippen molar-refractivity contribution >= 4 is 5.91 Å². The summed E-state index contributed by atoms with van der Waals surface area (Å²) in [5, 5.41) is 3.90. The molecule has 1 amide bonds. The minimum Gasteiger partial charge on any atom is -0.361 e. The Bertz CT molecular complexity index is 422. The maximum absolute atomic E-state index is 12.3. The van der Waals surface area contributed by atoms with E-state index in [0.717, 1.165) is 36.3 Å². The van der Waals surface area contributed by atoms with Crippen LogP contribution < -0.4 is 5.73 Å². The van der Waals surface area contributed by atoms with E-state index in [4.69, 9.17) is 10.3 Å². The summed E-state index contributed by atoms with van der Waals surface area (Å²) >= 11 is 0. The van der Waals surface area contributed by atoms with Crippen molar-refractivity contribution in [2.75, 3.05) is 7.05 Å². The third kappa shape index (κ3) is 2.41. The molecule has 0 radical (unpaired) electrons. The van der Waals surface area contributed by atoms with Gasteiger partial charge < -0.3 is 15.2 Å². The van der Waals surface area contributed by atoms with Gasteiger partial charge in [-0.05, 0) is 26.7 Å². The second kappa shape index (κ2) is 5.10. The van der Waals surface area contributed by atoms with Gasteiger partial charge in [-0.25, -0.2) is 0 Å². The topological polar surface area (TPSA) is 72.4 Å². The van der Waals surface area contributed by atoms with Crippen molar-refractivity contribution in [3.05, 3.63) is 17.0 Å². The molecule has 1 heterocycles. The standard InChI is InChI=1S/C13H21N3O2/c1-8-11(9(2)18-15-8)7-16(3)13(17)10-5-4-6-12(10)14/h10,12H,4-7,14H2,1-3H3. The smallest absolute Gasteiger partial charge is 0.227 e. The second-order valence-corrected chi connectivity index (χ2v) is 5.20. The monoisotopic (exact) mass is 251 g/mol. The summed E-state index contributed by atoms with van der Waals surface area (Å²) in [7, 11) is 1.82. The number of nitrogens with two attached hydrogens (primary N) is 1. The number of hydrogen-bond acceptors (Lipinski definition) is 4. The highest BCUT2D eigenvalue weighted by atomic mass is 16.5. The van der Waals surface area contributed by atoms with Gasteiger partial charge in [0.05, 0.1) is 18.2 Å². The summed E-state index contributed by atoms with van der Waals surface area (Å²) < 4.78 is 5.11. The Morgan fingerprint density at radius 1 is 1.50 bits per heavy atom. The van der Waals surface area contributed by atoms with Crippen molar-refractivity contribution in [1.82, 2.24) is 10.1 Å². The SMILES string of the molecule is Cc1noc(C)c1CN(C)C(=O)C1CCCC1N. The lowest BCUT2D eigenvalue weighted by atomic mass is 10.0. The van der Waals surface area contributed by atoms with E-state index in [0.29, 0.717) is 6.54 Å². The summed E-state index contributed by atoms with van der Waals surface area (Å²) in [5.74, 6) is 0.901. The minimum atomic E-state index is -0.0181. The third-order valence-corrected chi connectivity index (χ3v) is 3.84. The number of hydrogen-bond donors (Lipinski definition) is 1. The van der Waals surface area contributed by atoms with Gasteiger partial charge in [0.1, 0.15) is 5.76 Å². The zero-order valence-corrected chi connectivity index (χ0v) is 11.3. The first-order valence-electron chi connectivity index (χ1n) is 6.43. The van der Waals surface area contributed by atoms with Crippen LogP contribution in [0.5, 0.6) is 0 Å². The fraction of sp³-hybridized carbons (Fsp3) is 0.692. The molecule has 1 aliphatic carbocycles. The summed E-state index contributed by atoms with van der Waals surface area (Å²) in [4.78, 5) is 14.0. The molecule has 2 rings (SSSR count). The van der Waals surface area contributed by atoms with E-state index in [1.165, 1.54) is 0 Å². The van der Waals surface area contributed by atoms with Gasteiger partial charge in [0, 0.05) is 18.7 Å². The lowest BCUT2D eigenvalue weighted by molar-refractivity contribution is -0.134. The molecular weight excluding hydrogens is 230 g/mol. The summed E-state index contributed by atoms with van der Waals surface area (Å²) in [6.07, 6.45) is 2.91. The predicted molar refractivity (Wildman–Crippen MR) is 67.8 cm³/mol. The Morgan fingerprint density at radius 3 is 2.72 bits per heavy atom. The third-order valence-electron chi connectivity index (χ3n) is 3.84. The molecule has 0 saturated heterocycles. The molecule has 0 aromatic carbocycles. The number of nitrogens with zero attached hydrogens (tertiary/aromatic N) is 2. The van der Waals surface area contributed by atoms with Gasteiger partial charge >= 0.3 is 0 Å². The first-order valence-corrected chi connectivity index (χ1v) is 6.43. The van der Waals surface area contributed by atoms with Crippen molar-refractivity contribution in [1.29, 1.82) is 0 Å². The highest BCUT2D eigenvalue weighted by Crippen LogP contribution is 2.26. The van der Waals surface area contributed by atoms with Crippen LogP contribution >= 0.6 is 0 Å². The first kappa shape index (κ1) is 13.1. The second-order valence-electron chi connectivity index (χ2n) is 5.20. The van der Waals surface area contributed by atoms with Crippen LogP contribution in [0, 0.1) is 19.8 Å². The van der Waals surface area contributed by atoms with Crippen molar-refractivity contribution in [3.63, 3.8) is 0 Å². The molecule has 1 fully saturated rings. The van der Waals surface area contributed by atoms with Gasteiger partial charge in [-0.1, -0.05) is 11.6 Å². The van der Waals surface area contributed by atoms with Gasteiger partial charge in [-0.2, -0.15) is 0 Å². The lowest BCUT2D eigenvalue weighted by Crippen LogP contribution is -2.39. The van der Waals surface area contributed by atoms with E-state index < -0.39 is 0 Å². The molecule has 1 saturated carbocycles. The van der Waals surface area contributed by atoms with Crippen LogP contribution in [0.15, 0.2) is 4.52 Å². The number of aromatic nitrogens is 1. The van der Waals surface area contributed by atoms with Crippen LogP contribution in [0.4, 0.5) is 0 Å². The van der Waals surface area contributed by atoms with E-state index in [1.54, 1.807) is 4.90 Å². The Kier molecular flexibility index (Phi) is 3.71. The molecule has 1 aromatic rings. The van der Waals surface area contributed by atoms with E-state index in [9.17, 15) is 4.79 Å². The molecule has 100 valence electrons. The molecule has 5 heteroatoms. The van der Waals surface area contributed by atoms with Crippen LogP contribution in [-0.2, 0) is 11.3 Å².